The summed E-state index contributed by atoms with van der Waals surface area (Å²) in [6, 6.07) is 9.71. The van der Waals surface area contributed by atoms with Gasteiger partial charge in [-0.15, -0.1) is 0 Å². The molecule has 94 valence electrons. The summed E-state index contributed by atoms with van der Waals surface area (Å²) in [6.07, 6.45) is 0. The molecule has 0 aliphatic carbocycles. The van der Waals surface area contributed by atoms with Crippen LogP contribution in [-0.4, -0.2) is 0 Å². The van der Waals surface area contributed by atoms with Crippen molar-refractivity contribution < 1.29 is 4.39 Å². The molecule has 2 aromatic rings. The lowest BCUT2D eigenvalue weighted by Gasteiger charge is -2.10. The first-order chi connectivity index (χ1) is 8.49. The van der Waals surface area contributed by atoms with Gasteiger partial charge in [0.05, 0.1) is 10.0 Å². The summed E-state index contributed by atoms with van der Waals surface area (Å²) in [5.74, 6) is -0.308. The predicted molar refractivity (Wildman–Crippen MR) is 74.5 cm³/mol. The lowest BCUT2D eigenvalue weighted by molar-refractivity contribution is 0.629. The van der Waals surface area contributed by atoms with Crippen LogP contribution in [0, 0.1) is 5.82 Å². The Hall–Kier alpha value is -1.09. The molecule has 1 nitrogen and oxygen atoms in total. The van der Waals surface area contributed by atoms with E-state index in [-0.39, 0.29) is 11.9 Å². The summed E-state index contributed by atoms with van der Waals surface area (Å²) >= 11 is 11.8. The molecule has 2 rings (SSSR count). The minimum atomic E-state index is -0.308. The highest BCUT2D eigenvalue weighted by molar-refractivity contribution is 6.42. The largest absolute Gasteiger partial charge is 0.324 e. The summed E-state index contributed by atoms with van der Waals surface area (Å²) < 4.78 is 13.8. The van der Waals surface area contributed by atoms with E-state index >= 15 is 0 Å². The van der Waals surface area contributed by atoms with Gasteiger partial charge >= 0.3 is 0 Å². The van der Waals surface area contributed by atoms with Gasteiger partial charge in [-0.3, -0.25) is 0 Å². The predicted octanol–water partition coefficient (Wildman–Crippen LogP) is 4.82. The van der Waals surface area contributed by atoms with Crippen LogP contribution in [0.4, 0.5) is 4.39 Å². The molecule has 0 amide bonds. The second-order valence-electron chi connectivity index (χ2n) is 4.16. The summed E-state index contributed by atoms with van der Waals surface area (Å²) in [5, 5.41) is 0.851. The van der Waals surface area contributed by atoms with Gasteiger partial charge in [0.1, 0.15) is 5.82 Å². The number of rotatable bonds is 2. The van der Waals surface area contributed by atoms with Gasteiger partial charge < -0.3 is 5.73 Å². The fourth-order valence-electron chi connectivity index (χ4n) is 1.71. The molecular formula is C14H12Cl2FN. The molecule has 0 saturated heterocycles. The number of nitrogens with two attached hydrogens (primary N) is 1. The van der Waals surface area contributed by atoms with Crippen LogP contribution < -0.4 is 5.73 Å². The smallest absolute Gasteiger partial charge is 0.131 e. The van der Waals surface area contributed by atoms with E-state index < -0.39 is 0 Å². The van der Waals surface area contributed by atoms with E-state index in [1.54, 1.807) is 30.3 Å². The highest BCUT2D eigenvalue weighted by Crippen LogP contribution is 2.31. The van der Waals surface area contributed by atoms with Gasteiger partial charge in [0, 0.05) is 11.6 Å². The summed E-state index contributed by atoms with van der Waals surface area (Å²) in [5.41, 5.74) is 7.83. The Bertz CT molecular complexity index is 582. The zero-order valence-corrected chi connectivity index (χ0v) is 11.3. The molecule has 0 bridgehead atoms. The van der Waals surface area contributed by atoms with Gasteiger partial charge in [-0.25, -0.2) is 4.39 Å². The van der Waals surface area contributed by atoms with E-state index in [2.05, 4.69) is 0 Å². The van der Waals surface area contributed by atoms with Crippen molar-refractivity contribution in [2.45, 2.75) is 13.0 Å². The average Bonchev–Trinajstić information content (AvgIpc) is 2.33. The standard InChI is InChI=1S/C14H12Cl2FN/c1-8(18)9-3-5-14(17)11(6-9)10-2-4-12(15)13(16)7-10/h2-8H,18H2,1H3. The highest BCUT2D eigenvalue weighted by atomic mass is 35.5. The molecular weight excluding hydrogens is 272 g/mol. The number of benzene rings is 2. The number of hydrogen-bond donors (Lipinski definition) is 1. The molecule has 2 N–H and O–H groups in total. The van der Waals surface area contributed by atoms with E-state index in [4.69, 9.17) is 28.9 Å². The van der Waals surface area contributed by atoms with Crippen molar-refractivity contribution in [3.63, 3.8) is 0 Å². The maximum absolute atomic E-state index is 13.8. The Morgan fingerprint density at radius 2 is 1.78 bits per heavy atom. The fraction of sp³-hybridized carbons (Fsp3) is 0.143. The third-order valence-corrected chi connectivity index (χ3v) is 3.49. The number of hydrogen-bond acceptors (Lipinski definition) is 1. The van der Waals surface area contributed by atoms with Crippen LogP contribution in [0.1, 0.15) is 18.5 Å². The third kappa shape index (κ3) is 2.66. The van der Waals surface area contributed by atoms with Crippen LogP contribution in [0.25, 0.3) is 11.1 Å². The Balaban J connectivity index is 2.55. The first-order valence-corrected chi connectivity index (χ1v) is 6.25. The molecule has 0 radical (unpaired) electrons. The third-order valence-electron chi connectivity index (χ3n) is 2.75. The van der Waals surface area contributed by atoms with E-state index in [9.17, 15) is 4.39 Å². The molecule has 0 saturated carbocycles. The maximum atomic E-state index is 13.8. The van der Waals surface area contributed by atoms with Gasteiger partial charge in [0.25, 0.3) is 0 Å². The molecule has 0 spiro atoms. The molecule has 4 heteroatoms. The lowest BCUT2D eigenvalue weighted by Crippen LogP contribution is -2.05. The summed E-state index contributed by atoms with van der Waals surface area (Å²) in [4.78, 5) is 0. The van der Waals surface area contributed by atoms with Gasteiger partial charge in [-0.2, -0.15) is 0 Å². The van der Waals surface area contributed by atoms with Crippen LogP contribution >= 0.6 is 23.2 Å². The normalized spacial score (nSPS) is 12.5. The summed E-state index contributed by atoms with van der Waals surface area (Å²) in [6.45, 7) is 1.85. The van der Waals surface area contributed by atoms with E-state index in [1.807, 2.05) is 6.92 Å². The molecule has 1 unspecified atom stereocenters. The van der Waals surface area contributed by atoms with Gasteiger partial charge in [0.15, 0.2) is 0 Å². The van der Waals surface area contributed by atoms with Crippen molar-refractivity contribution in [2.75, 3.05) is 0 Å². The van der Waals surface area contributed by atoms with Crippen LogP contribution in [0.5, 0.6) is 0 Å². The van der Waals surface area contributed by atoms with Crippen LogP contribution in [0.2, 0.25) is 10.0 Å². The SMILES string of the molecule is CC(N)c1ccc(F)c(-c2ccc(Cl)c(Cl)c2)c1. The van der Waals surface area contributed by atoms with E-state index in [1.165, 1.54) is 6.07 Å². The first kappa shape index (κ1) is 13.3. The first-order valence-electron chi connectivity index (χ1n) is 5.49. The lowest BCUT2D eigenvalue weighted by atomic mass is 10.00. The van der Waals surface area contributed by atoms with Gasteiger partial charge in [-0.05, 0) is 42.3 Å². The second-order valence-corrected chi connectivity index (χ2v) is 4.97. The van der Waals surface area contributed by atoms with Crippen molar-refractivity contribution in [3.05, 3.63) is 57.8 Å². The molecule has 18 heavy (non-hydrogen) atoms. The van der Waals surface area contributed by atoms with Crippen molar-refractivity contribution in [3.8, 4) is 11.1 Å². The Kier molecular flexibility index (Phi) is 3.91. The van der Waals surface area contributed by atoms with Gasteiger partial charge in [-0.1, -0.05) is 35.3 Å². The molecule has 0 aliphatic rings. The Morgan fingerprint density at radius 1 is 1.06 bits per heavy atom. The Labute approximate surface area is 115 Å². The zero-order chi connectivity index (χ0) is 13.3. The van der Waals surface area contributed by atoms with Crippen molar-refractivity contribution >= 4 is 23.2 Å². The molecule has 0 fully saturated rings. The zero-order valence-electron chi connectivity index (χ0n) is 9.75. The fourth-order valence-corrected chi connectivity index (χ4v) is 2.01. The molecule has 2 aromatic carbocycles. The summed E-state index contributed by atoms with van der Waals surface area (Å²) in [7, 11) is 0. The monoisotopic (exact) mass is 283 g/mol. The van der Waals surface area contributed by atoms with Crippen LogP contribution in [0.3, 0.4) is 0 Å². The van der Waals surface area contributed by atoms with Crippen LogP contribution in [-0.2, 0) is 0 Å². The Morgan fingerprint density at radius 3 is 2.39 bits per heavy atom. The topological polar surface area (TPSA) is 26.0 Å². The second kappa shape index (κ2) is 5.27. The molecule has 0 aliphatic heterocycles. The highest BCUT2D eigenvalue weighted by Gasteiger charge is 2.10. The van der Waals surface area contributed by atoms with Crippen molar-refractivity contribution in [1.29, 1.82) is 0 Å². The minimum absolute atomic E-state index is 0.146. The molecule has 1 atom stereocenters. The van der Waals surface area contributed by atoms with Gasteiger partial charge in [0.2, 0.25) is 0 Å². The van der Waals surface area contributed by atoms with Crippen molar-refractivity contribution in [2.24, 2.45) is 5.73 Å². The average molecular weight is 284 g/mol. The van der Waals surface area contributed by atoms with Crippen LogP contribution in [0.15, 0.2) is 36.4 Å². The maximum Gasteiger partial charge on any atom is 0.131 e. The van der Waals surface area contributed by atoms with E-state index in [0.29, 0.717) is 21.2 Å². The molecule has 0 aromatic heterocycles. The number of halogens is 3. The van der Waals surface area contributed by atoms with Crippen molar-refractivity contribution in [1.82, 2.24) is 0 Å². The molecule has 0 heterocycles. The van der Waals surface area contributed by atoms with E-state index in [0.717, 1.165) is 5.56 Å². The quantitative estimate of drug-likeness (QED) is 0.840. The minimum Gasteiger partial charge on any atom is -0.324 e.